The van der Waals surface area contributed by atoms with Crippen molar-refractivity contribution in [3.63, 3.8) is 0 Å². The third-order valence-corrected chi connectivity index (χ3v) is 2.42. The normalized spacial score (nSPS) is 28.8. The lowest BCUT2D eigenvalue weighted by atomic mass is 9.78. The molecule has 1 aliphatic heterocycles. The molecule has 0 amide bonds. The first-order valence-corrected chi connectivity index (χ1v) is 4.55. The van der Waals surface area contributed by atoms with Crippen LogP contribution >= 0.6 is 0 Å². The molecule has 0 aliphatic carbocycles. The Morgan fingerprint density at radius 1 is 1.64 bits per heavy atom. The van der Waals surface area contributed by atoms with Crippen LogP contribution in [0.4, 0.5) is 8.78 Å². The summed E-state index contributed by atoms with van der Waals surface area (Å²) in [6.07, 6.45) is 0.156. The first-order chi connectivity index (χ1) is 6.36. The summed E-state index contributed by atoms with van der Waals surface area (Å²) >= 11 is 0. The summed E-state index contributed by atoms with van der Waals surface area (Å²) in [5, 5.41) is 8.94. The molecule has 5 heteroatoms. The van der Waals surface area contributed by atoms with E-state index in [1.807, 2.05) is 0 Å². The fraction of sp³-hybridized carbons (Fsp3) is 0.889. The lowest BCUT2D eigenvalue weighted by molar-refractivity contribution is -0.166. The van der Waals surface area contributed by atoms with Crippen LogP contribution in [0.2, 0.25) is 0 Å². The molecule has 1 rings (SSSR count). The average molecular weight is 208 g/mol. The molecule has 1 saturated heterocycles. The Morgan fingerprint density at radius 3 is 2.64 bits per heavy atom. The smallest absolute Gasteiger partial charge is 0.312 e. The van der Waals surface area contributed by atoms with Crippen molar-refractivity contribution in [2.75, 3.05) is 13.2 Å². The first kappa shape index (κ1) is 11.4. The molecule has 1 aliphatic rings. The van der Waals surface area contributed by atoms with E-state index in [1.165, 1.54) is 0 Å². The second kappa shape index (κ2) is 3.81. The summed E-state index contributed by atoms with van der Waals surface area (Å²) in [4.78, 5) is 10.9. The Morgan fingerprint density at radius 2 is 2.29 bits per heavy atom. The molecule has 82 valence electrons. The topological polar surface area (TPSA) is 46.5 Å². The van der Waals surface area contributed by atoms with Crippen molar-refractivity contribution in [1.82, 2.24) is 0 Å². The van der Waals surface area contributed by atoms with Crippen LogP contribution in [-0.2, 0) is 9.53 Å². The molecule has 1 N–H and O–H groups in total. The molecule has 14 heavy (non-hydrogen) atoms. The Kier molecular flexibility index (Phi) is 3.09. The maximum Gasteiger partial charge on any atom is 0.312 e. The molecule has 1 heterocycles. The van der Waals surface area contributed by atoms with Gasteiger partial charge in [0.25, 0.3) is 0 Å². The van der Waals surface area contributed by atoms with Crippen LogP contribution in [-0.4, -0.2) is 30.2 Å². The van der Waals surface area contributed by atoms with E-state index in [-0.39, 0.29) is 13.0 Å². The van der Waals surface area contributed by atoms with Crippen LogP contribution in [0.25, 0.3) is 0 Å². The van der Waals surface area contributed by atoms with Gasteiger partial charge in [-0.3, -0.25) is 4.79 Å². The average Bonchev–Trinajstić information content (AvgIpc) is 2.02. The molecule has 3 nitrogen and oxygen atoms in total. The fourth-order valence-corrected chi connectivity index (χ4v) is 1.83. The minimum Gasteiger partial charge on any atom is -0.481 e. The number of rotatable bonds is 3. The van der Waals surface area contributed by atoms with Gasteiger partial charge in [0.05, 0.1) is 12.0 Å². The molecule has 1 fully saturated rings. The van der Waals surface area contributed by atoms with E-state index in [0.29, 0.717) is 13.0 Å². The van der Waals surface area contributed by atoms with E-state index in [0.717, 1.165) is 6.92 Å². The maximum absolute atomic E-state index is 12.8. The van der Waals surface area contributed by atoms with Crippen LogP contribution in [0.1, 0.15) is 26.2 Å². The minimum atomic E-state index is -2.96. The van der Waals surface area contributed by atoms with E-state index < -0.39 is 23.7 Å². The van der Waals surface area contributed by atoms with Crippen molar-refractivity contribution in [2.24, 2.45) is 5.41 Å². The van der Waals surface area contributed by atoms with Gasteiger partial charge in [-0.2, -0.15) is 0 Å². The second-order valence-electron chi connectivity index (χ2n) is 3.99. The molecule has 1 atom stereocenters. The van der Waals surface area contributed by atoms with Gasteiger partial charge in [0.1, 0.15) is 0 Å². The van der Waals surface area contributed by atoms with Crippen molar-refractivity contribution in [3.8, 4) is 0 Å². The van der Waals surface area contributed by atoms with Gasteiger partial charge in [-0.1, -0.05) is 0 Å². The van der Waals surface area contributed by atoms with E-state index in [9.17, 15) is 13.6 Å². The number of halogens is 2. The van der Waals surface area contributed by atoms with Crippen molar-refractivity contribution < 1.29 is 23.4 Å². The summed E-state index contributed by atoms with van der Waals surface area (Å²) in [6.45, 7) is 1.10. The minimum absolute atomic E-state index is 0.105. The van der Waals surface area contributed by atoms with Crippen molar-refractivity contribution in [1.29, 1.82) is 0 Å². The third-order valence-electron chi connectivity index (χ3n) is 2.42. The second-order valence-corrected chi connectivity index (χ2v) is 3.99. The van der Waals surface area contributed by atoms with Gasteiger partial charge in [0, 0.05) is 13.0 Å². The highest BCUT2D eigenvalue weighted by Gasteiger charge is 2.46. The molecular weight excluding hydrogens is 194 g/mol. The predicted molar refractivity (Wildman–Crippen MR) is 45.4 cm³/mol. The standard InChI is InChI=1S/C9H14F2O3/c1-8(10,11)5-9(7(12)13)3-2-4-14-6-9/h2-6H2,1H3,(H,12,13). The maximum atomic E-state index is 12.8. The third kappa shape index (κ3) is 2.64. The van der Waals surface area contributed by atoms with Gasteiger partial charge in [0.2, 0.25) is 5.92 Å². The Bertz CT molecular complexity index is 217. The van der Waals surface area contributed by atoms with Crippen LogP contribution < -0.4 is 0 Å². The zero-order chi connectivity index (χ0) is 10.8. The number of hydrogen-bond acceptors (Lipinski definition) is 2. The van der Waals surface area contributed by atoms with Crippen LogP contribution in [0.15, 0.2) is 0 Å². The number of aliphatic carboxylic acids is 1. The zero-order valence-corrected chi connectivity index (χ0v) is 8.06. The lowest BCUT2D eigenvalue weighted by Gasteiger charge is -2.34. The van der Waals surface area contributed by atoms with Gasteiger partial charge < -0.3 is 9.84 Å². The number of alkyl halides is 2. The first-order valence-electron chi connectivity index (χ1n) is 4.55. The number of hydrogen-bond donors (Lipinski definition) is 1. The van der Waals surface area contributed by atoms with Crippen molar-refractivity contribution >= 4 is 5.97 Å². The lowest BCUT2D eigenvalue weighted by Crippen LogP contribution is -2.43. The molecule has 0 bridgehead atoms. The molecule has 0 aromatic heterocycles. The Hall–Kier alpha value is -0.710. The summed E-state index contributed by atoms with van der Waals surface area (Å²) in [5.41, 5.74) is -1.39. The summed E-state index contributed by atoms with van der Waals surface area (Å²) in [7, 11) is 0. The molecular formula is C9H14F2O3. The SMILES string of the molecule is CC(F)(F)CC1(C(=O)O)CCCOC1. The van der Waals surface area contributed by atoms with Crippen LogP contribution in [0, 0.1) is 5.41 Å². The molecule has 0 spiro atoms. The van der Waals surface area contributed by atoms with Crippen molar-refractivity contribution in [3.05, 3.63) is 0 Å². The quantitative estimate of drug-likeness (QED) is 0.770. The van der Waals surface area contributed by atoms with E-state index >= 15 is 0 Å². The highest BCUT2D eigenvalue weighted by atomic mass is 19.3. The number of carboxylic acids is 1. The predicted octanol–water partition coefficient (Wildman–Crippen LogP) is 1.91. The number of carbonyl (C=O) groups is 1. The molecule has 0 radical (unpaired) electrons. The molecule has 1 unspecified atom stereocenters. The van der Waals surface area contributed by atoms with Crippen LogP contribution in [0.3, 0.4) is 0 Å². The molecule has 0 saturated carbocycles. The largest absolute Gasteiger partial charge is 0.481 e. The van der Waals surface area contributed by atoms with Crippen molar-refractivity contribution in [2.45, 2.75) is 32.1 Å². The highest BCUT2D eigenvalue weighted by Crippen LogP contribution is 2.38. The van der Waals surface area contributed by atoms with Gasteiger partial charge >= 0.3 is 5.97 Å². The summed E-state index contributed by atoms with van der Waals surface area (Å²) < 4.78 is 30.6. The summed E-state index contributed by atoms with van der Waals surface area (Å²) in [5.74, 6) is -4.14. The number of ether oxygens (including phenoxy) is 1. The van der Waals surface area contributed by atoms with E-state index in [1.54, 1.807) is 0 Å². The van der Waals surface area contributed by atoms with Gasteiger partial charge in [-0.15, -0.1) is 0 Å². The molecule has 0 aromatic carbocycles. The van der Waals surface area contributed by atoms with E-state index in [2.05, 4.69) is 0 Å². The number of carboxylic acid groups (broad SMARTS) is 1. The Labute approximate surface area is 81.1 Å². The van der Waals surface area contributed by atoms with Gasteiger partial charge in [-0.25, -0.2) is 8.78 Å². The van der Waals surface area contributed by atoms with Gasteiger partial charge in [0.15, 0.2) is 0 Å². The zero-order valence-electron chi connectivity index (χ0n) is 8.06. The summed E-state index contributed by atoms with van der Waals surface area (Å²) in [6, 6.07) is 0. The molecule has 0 aromatic rings. The van der Waals surface area contributed by atoms with E-state index in [4.69, 9.17) is 9.84 Å². The Balaban J connectivity index is 2.76. The fourth-order valence-electron chi connectivity index (χ4n) is 1.83. The van der Waals surface area contributed by atoms with Crippen LogP contribution in [0.5, 0.6) is 0 Å². The highest BCUT2D eigenvalue weighted by molar-refractivity contribution is 5.75. The monoisotopic (exact) mass is 208 g/mol. The van der Waals surface area contributed by atoms with Gasteiger partial charge in [-0.05, 0) is 19.8 Å².